The summed E-state index contributed by atoms with van der Waals surface area (Å²) in [4.78, 5) is 11.3. The van der Waals surface area contributed by atoms with Gasteiger partial charge in [0.25, 0.3) is 5.60 Å². The minimum atomic E-state index is -6.42. The lowest BCUT2D eigenvalue weighted by Gasteiger charge is -2.41. The molecule has 1 N–H and O–H groups in total. The predicted molar refractivity (Wildman–Crippen MR) is 76.1 cm³/mol. The highest BCUT2D eigenvalue weighted by Crippen LogP contribution is 2.48. The molecular formula is C13H17F6O7S-. The van der Waals surface area contributed by atoms with Crippen molar-refractivity contribution in [3.63, 3.8) is 0 Å². The van der Waals surface area contributed by atoms with Crippen LogP contribution in [0.3, 0.4) is 0 Å². The van der Waals surface area contributed by atoms with Crippen LogP contribution in [0.2, 0.25) is 0 Å². The summed E-state index contributed by atoms with van der Waals surface area (Å²) >= 11 is 0. The van der Waals surface area contributed by atoms with E-state index in [1.54, 1.807) is 0 Å². The van der Waals surface area contributed by atoms with Crippen LogP contribution in [0.4, 0.5) is 26.3 Å². The molecule has 0 bridgehead atoms. The largest absolute Gasteiger partial charge is 0.748 e. The van der Waals surface area contributed by atoms with Crippen LogP contribution >= 0.6 is 0 Å². The fourth-order valence-corrected chi connectivity index (χ4v) is 2.43. The Kier molecular flexibility index (Phi) is 7.52. The predicted octanol–water partition coefficient (Wildman–Crippen LogP) is 1.88. The molecule has 0 aliphatic carbocycles. The van der Waals surface area contributed by atoms with Gasteiger partial charge in [0.05, 0.1) is 15.9 Å². The van der Waals surface area contributed by atoms with E-state index >= 15 is 0 Å². The maximum absolute atomic E-state index is 13.1. The number of ether oxygens (including phenoxy) is 2. The third kappa shape index (κ3) is 6.62. The van der Waals surface area contributed by atoms with Crippen LogP contribution in [0.1, 0.15) is 20.8 Å². The lowest BCUT2D eigenvalue weighted by Crippen LogP contribution is -2.65. The van der Waals surface area contributed by atoms with Crippen LogP contribution in [-0.2, 0) is 24.4 Å². The van der Waals surface area contributed by atoms with E-state index in [4.69, 9.17) is 0 Å². The van der Waals surface area contributed by atoms with E-state index in [1.165, 1.54) is 6.92 Å². The summed E-state index contributed by atoms with van der Waals surface area (Å²) in [5, 5.41) is 9.75. The van der Waals surface area contributed by atoms with Gasteiger partial charge in [-0.15, -0.1) is 0 Å². The number of rotatable bonds is 8. The molecule has 14 heteroatoms. The third-order valence-electron chi connectivity index (χ3n) is 3.20. The fraction of sp³-hybridized carbons (Fsp3) is 0.769. The van der Waals surface area contributed by atoms with Crippen LogP contribution in [-0.4, -0.2) is 60.6 Å². The van der Waals surface area contributed by atoms with Crippen molar-refractivity contribution in [1.29, 1.82) is 0 Å². The molecule has 0 aromatic heterocycles. The summed E-state index contributed by atoms with van der Waals surface area (Å²) in [5.41, 5.74) is -7.69. The van der Waals surface area contributed by atoms with Gasteiger partial charge < -0.3 is 19.1 Å². The first-order valence-electron chi connectivity index (χ1n) is 6.92. The van der Waals surface area contributed by atoms with Crippen molar-refractivity contribution in [3.8, 4) is 0 Å². The van der Waals surface area contributed by atoms with Gasteiger partial charge in [-0.1, -0.05) is 20.4 Å². The van der Waals surface area contributed by atoms with Crippen LogP contribution < -0.4 is 0 Å². The second-order valence-corrected chi connectivity index (χ2v) is 7.74. The number of esters is 1. The topological polar surface area (TPSA) is 113 Å². The summed E-state index contributed by atoms with van der Waals surface area (Å²) in [7, 11) is -6.10. The molecule has 0 radical (unpaired) electrons. The number of hydrogen-bond acceptors (Lipinski definition) is 7. The Morgan fingerprint density at radius 3 is 1.85 bits per heavy atom. The SMILES string of the molecule is C=C(C)C(=O)OCC(C)(C)[C@@H](O)OC(CS(=O)(=O)[O-])(C(F)(F)F)C(F)(F)F. The average Bonchev–Trinajstić information content (AvgIpc) is 2.39. The molecule has 0 spiro atoms. The Bertz CT molecular complexity index is 652. The molecule has 0 saturated carbocycles. The maximum atomic E-state index is 13.1. The number of carbonyl (C=O) groups excluding carboxylic acids is 1. The van der Waals surface area contributed by atoms with Gasteiger partial charge in [0, 0.05) is 11.0 Å². The van der Waals surface area contributed by atoms with Crippen LogP contribution in [0.5, 0.6) is 0 Å². The molecule has 0 heterocycles. The zero-order valence-electron chi connectivity index (χ0n) is 14.3. The molecule has 0 unspecified atom stereocenters. The lowest BCUT2D eigenvalue weighted by molar-refractivity contribution is -0.407. The van der Waals surface area contributed by atoms with Gasteiger partial charge in [-0.2, -0.15) is 26.3 Å². The van der Waals surface area contributed by atoms with E-state index in [0.717, 1.165) is 13.8 Å². The molecule has 0 rings (SSSR count). The van der Waals surface area contributed by atoms with Crippen molar-refractivity contribution in [2.75, 3.05) is 12.4 Å². The highest BCUT2D eigenvalue weighted by atomic mass is 32.2. The second kappa shape index (κ2) is 7.93. The van der Waals surface area contributed by atoms with Crippen molar-refractivity contribution < 1.29 is 58.7 Å². The Morgan fingerprint density at radius 1 is 1.15 bits per heavy atom. The Balaban J connectivity index is 5.91. The minimum absolute atomic E-state index is 0.140. The van der Waals surface area contributed by atoms with Crippen molar-refractivity contribution in [2.24, 2.45) is 5.41 Å². The van der Waals surface area contributed by atoms with Gasteiger partial charge in [0.1, 0.15) is 6.61 Å². The van der Waals surface area contributed by atoms with Gasteiger partial charge in [-0.25, -0.2) is 13.2 Å². The number of halogens is 6. The first-order valence-corrected chi connectivity index (χ1v) is 8.49. The van der Waals surface area contributed by atoms with E-state index in [1.807, 2.05) is 0 Å². The van der Waals surface area contributed by atoms with Gasteiger partial charge in [0.15, 0.2) is 6.29 Å². The van der Waals surface area contributed by atoms with E-state index in [9.17, 15) is 49.2 Å². The molecule has 0 amide bonds. The normalized spacial score (nSPS) is 15.4. The lowest BCUT2D eigenvalue weighted by atomic mass is 9.93. The zero-order valence-corrected chi connectivity index (χ0v) is 15.1. The summed E-state index contributed by atoms with van der Waals surface area (Å²) in [6.45, 7) is 5.26. The number of aliphatic hydroxyl groups excluding tert-OH is 1. The Hall–Kier alpha value is -1.38. The molecule has 7 nitrogen and oxygen atoms in total. The van der Waals surface area contributed by atoms with Crippen LogP contribution in [0.25, 0.3) is 0 Å². The van der Waals surface area contributed by atoms with E-state index in [-0.39, 0.29) is 5.57 Å². The number of aliphatic hydroxyl groups is 1. The monoisotopic (exact) mass is 431 g/mol. The Labute approximate surface area is 150 Å². The average molecular weight is 431 g/mol. The highest BCUT2D eigenvalue weighted by molar-refractivity contribution is 7.85. The van der Waals surface area contributed by atoms with Crippen LogP contribution in [0.15, 0.2) is 12.2 Å². The molecule has 27 heavy (non-hydrogen) atoms. The number of alkyl halides is 6. The van der Waals surface area contributed by atoms with Gasteiger partial charge in [-0.3, -0.25) is 0 Å². The molecular weight excluding hydrogens is 414 g/mol. The third-order valence-corrected chi connectivity index (χ3v) is 3.96. The smallest absolute Gasteiger partial charge is 0.427 e. The summed E-state index contributed by atoms with van der Waals surface area (Å²) < 4.78 is 119. The van der Waals surface area contributed by atoms with Crippen molar-refractivity contribution in [2.45, 2.75) is 45.0 Å². The molecule has 0 saturated heterocycles. The number of hydrogen-bond donors (Lipinski definition) is 1. The minimum Gasteiger partial charge on any atom is -0.748 e. The highest BCUT2D eigenvalue weighted by Gasteiger charge is 2.74. The summed E-state index contributed by atoms with van der Waals surface area (Å²) in [6.07, 6.45) is -15.8. The first kappa shape index (κ1) is 25.6. The zero-order chi connectivity index (χ0) is 22.1. The Morgan fingerprint density at radius 2 is 1.56 bits per heavy atom. The molecule has 0 aromatic rings. The van der Waals surface area contributed by atoms with E-state index in [0.29, 0.717) is 0 Å². The molecule has 160 valence electrons. The molecule has 0 aromatic carbocycles. The fourth-order valence-electron chi connectivity index (χ4n) is 1.54. The van der Waals surface area contributed by atoms with E-state index < -0.39 is 58.1 Å². The van der Waals surface area contributed by atoms with Crippen LogP contribution in [0, 0.1) is 5.41 Å². The van der Waals surface area contributed by atoms with Crippen molar-refractivity contribution >= 4 is 16.1 Å². The number of carbonyl (C=O) groups is 1. The van der Waals surface area contributed by atoms with Gasteiger partial charge >= 0.3 is 18.3 Å². The summed E-state index contributed by atoms with van der Waals surface area (Å²) in [5.74, 6) is -4.10. The molecule has 0 fully saturated rings. The first-order chi connectivity index (χ1) is 11.7. The van der Waals surface area contributed by atoms with Crippen molar-refractivity contribution in [1.82, 2.24) is 0 Å². The van der Waals surface area contributed by atoms with E-state index in [2.05, 4.69) is 16.1 Å². The van der Waals surface area contributed by atoms with Crippen molar-refractivity contribution in [3.05, 3.63) is 12.2 Å². The molecule has 0 aliphatic rings. The maximum Gasteiger partial charge on any atom is 0.427 e. The second-order valence-electron chi connectivity index (χ2n) is 6.34. The standard InChI is InChI=1S/C13H18F6O7S/c1-7(2)8(20)25-5-10(3,4)9(21)26-11(12(14,15)16,13(17,18)19)6-27(22,23)24/h9,21H,1,5-6H2,2-4H3,(H,22,23,24)/p-1/t9-/m0/s1. The summed E-state index contributed by atoms with van der Waals surface area (Å²) in [6, 6.07) is 0. The molecule has 1 atom stereocenters. The van der Waals surface area contributed by atoms with Gasteiger partial charge in [0.2, 0.25) is 0 Å². The molecule has 0 aliphatic heterocycles. The van der Waals surface area contributed by atoms with Gasteiger partial charge in [-0.05, 0) is 6.92 Å². The quantitative estimate of drug-likeness (QED) is 0.205.